The molecule has 180 valence electrons. The highest BCUT2D eigenvalue weighted by molar-refractivity contribution is 6.24. The number of amides is 2. The Kier molecular flexibility index (Phi) is 4.84. The summed E-state index contributed by atoms with van der Waals surface area (Å²) in [6.07, 6.45) is 0.433. The first kappa shape index (κ1) is 21.6. The summed E-state index contributed by atoms with van der Waals surface area (Å²) in [7, 11) is 4.44. The number of para-hydroxylation sites is 1. The Morgan fingerprint density at radius 1 is 0.971 bits per heavy atom. The van der Waals surface area contributed by atoms with Gasteiger partial charge in [0.15, 0.2) is 0 Å². The summed E-state index contributed by atoms with van der Waals surface area (Å²) in [5.74, 6) is -1.25. The second-order valence-corrected chi connectivity index (χ2v) is 9.27. The van der Waals surface area contributed by atoms with E-state index in [0.717, 1.165) is 11.3 Å². The van der Waals surface area contributed by atoms with Crippen molar-refractivity contribution in [2.75, 3.05) is 26.2 Å². The number of carbonyl (C=O) groups is 3. The van der Waals surface area contributed by atoms with Gasteiger partial charge in [-0.1, -0.05) is 17.3 Å². The zero-order chi connectivity index (χ0) is 24.4. The first-order valence-corrected chi connectivity index (χ1v) is 11.5. The van der Waals surface area contributed by atoms with Gasteiger partial charge in [-0.15, -0.1) is 0 Å². The Morgan fingerprint density at radius 3 is 2.43 bits per heavy atom. The summed E-state index contributed by atoms with van der Waals surface area (Å²) >= 11 is 0. The Balaban J connectivity index is 1.36. The lowest BCUT2D eigenvalue weighted by Crippen LogP contribution is -2.41. The lowest BCUT2D eigenvalue weighted by atomic mass is 9.71. The maximum absolute atomic E-state index is 13.7. The van der Waals surface area contributed by atoms with Crippen LogP contribution in [0.4, 0.5) is 5.69 Å². The molecule has 2 saturated carbocycles. The van der Waals surface area contributed by atoms with Crippen molar-refractivity contribution in [1.29, 1.82) is 0 Å². The Morgan fingerprint density at radius 2 is 1.71 bits per heavy atom. The monoisotopic (exact) mass is 476 g/mol. The number of oxime groups is 1. The van der Waals surface area contributed by atoms with Crippen molar-refractivity contribution in [3.8, 4) is 11.5 Å². The van der Waals surface area contributed by atoms with Gasteiger partial charge in [0.25, 0.3) is 0 Å². The van der Waals surface area contributed by atoms with Crippen molar-refractivity contribution in [2.45, 2.75) is 12.5 Å². The average molecular weight is 476 g/mol. The molecular formula is C26H24N2O7. The van der Waals surface area contributed by atoms with Gasteiger partial charge >= 0.3 is 5.97 Å². The summed E-state index contributed by atoms with van der Waals surface area (Å²) in [5.41, 5.74) is 1.97. The van der Waals surface area contributed by atoms with E-state index >= 15 is 0 Å². The molecule has 9 nitrogen and oxygen atoms in total. The summed E-state index contributed by atoms with van der Waals surface area (Å²) in [5, 5.41) is 4.40. The normalized spacial score (nSPS) is 30.0. The number of benzene rings is 2. The zero-order valence-electron chi connectivity index (χ0n) is 19.5. The molecule has 1 saturated heterocycles. The van der Waals surface area contributed by atoms with Crippen LogP contribution in [0.3, 0.4) is 0 Å². The molecule has 2 aromatic carbocycles. The van der Waals surface area contributed by atoms with Crippen LogP contribution in [0, 0.1) is 29.6 Å². The van der Waals surface area contributed by atoms with Gasteiger partial charge < -0.3 is 19.0 Å². The molecule has 0 unspecified atom stereocenters. The van der Waals surface area contributed by atoms with Crippen molar-refractivity contribution in [1.82, 2.24) is 0 Å². The summed E-state index contributed by atoms with van der Waals surface area (Å²) < 4.78 is 15.8. The predicted molar refractivity (Wildman–Crippen MR) is 123 cm³/mol. The molecule has 4 aliphatic rings. The minimum absolute atomic E-state index is 0.102. The van der Waals surface area contributed by atoms with E-state index in [1.807, 2.05) is 12.1 Å². The van der Waals surface area contributed by atoms with E-state index in [-0.39, 0.29) is 46.9 Å². The van der Waals surface area contributed by atoms with Crippen molar-refractivity contribution in [2.24, 2.45) is 34.7 Å². The molecule has 2 aliphatic heterocycles. The number of nitrogens with zero attached hydrogens (tertiary/aromatic N) is 2. The Labute approximate surface area is 201 Å². The number of rotatable bonds is 5. The number of hydrogen-bond acceptors (Lipinski definition) is 8. The maximum Gasteiger partial charge on any atom is 0.339 e. The number of anilines is 1. The smallest absolute Gasteiger partial charge is 0.339 e. The van der Waals surface area contributed by atoms with Crippen molar-refractivity contribution >= 4 is 29.2 Å². The fourth-order valence-corrected chi connectivity index (χ4v) is 6.55. The van der Waals surface area contributed by atoms with Crippen LogP contribution in [0.1, 0.15) is 22.3 Å². The number of imide groups is 1. The molecule has 9 heteroatoms. The minimum Gasteiger partial charge on any atom is -0.497 e. The Hall–Kier alpha value is -3.88. The molecule has 2 amide bonds. The summed E-state index contributed by atoms with van der Waals surface area (Å²) in [4.78, 5) is 46.7. The fourth-order valence-electron chi connectivity index (χ4n) is 6.55. The van der Waals surface area contributed by atoms with Crippen LogP contribution in [0.2, 0.25) is 0 Å². The summed E-state index contributed by atoms with van der Waals surface area (Å²) in [6, 6.07) is 12.0. The first-order valence-electron chi connectivity index (χ1n) is 11.5. The molecule has 3 fully saturated rings. The van der Waals surface area contributed by atoms with Crippen LogP contribution in [-0.2, 0) is 19.2 Å². The van der Waals surface area contributed by atoms with E-state index in [1.54, 1.807) is 44.6 Å². The quantitative estimate of drug-likeness (QED) is 0.483. The predicted octanol–water partition coefficient (Wildman–Crippen LogP) is 2.67. The van der Waals surface area contributed by atoms with Gasteiger partial charge in [-0.2, -0.15) is 0 Å². The van der Waals surface area contributed by atoms with Crippen LogP contribution in [0.25, 0.3) is 0 Å². The van der Waals surface area contributed by atoms with Gasteiger partial charge in [-0.25, -0.2) is 9.69 Å². The molecule has 0 aromatic heterocycles. The number of esters is 1. The minimum atomic E-state index is -0.595. The fraction of sp³-hybridized carbons (Fsp3) is 0.385. The van der Waals surface area contributed by atoms with Gasteiger partial charge in [0.2, 0.25) is 11.8 Å². The van der Waals surface area contributed by atoms with Crippen LogP contribution in [0.5, 0.6) is 11.5 Å². The third-order valence-corrected chi connectivity index (χ3v) is 7.93. The molecule has 2 aromatic rings. The van der Waals surface area contributed by atoms with E-state index in [0.29, 0.717) is 17.9 Å². The average Bonchev–Trinajstić information content (AvgIpc) is 3.63. The number of hydrogen-bond donors (Lipinski definition) is 0. The van der Waals surface area contributed by atoms with E-state index in [2.05, 4.69) is 5.16 Å². The van der Waals surface area contributed by atoms with Gasteiger partial charge in [0.05, 0.1) is 50.1 Å². The highest BCUT2D eigenvalue weighted by atomic mass is 16.6. The number of fused-ring (bicyclic) bond motifs is 8. The highest BCUT2D eigenvalue weighted by Crippen LogP contribution is 2.62. The molecule has 2 heterocycles. The molecule has 35 heavy (non-hydrogen) atoms. The molecule has 2 aliphatic carbocycles. The largest absolute Gasteiger partial charge is 0.497 e. The number of carbonyl (C=O) groups excluding carboxylic acids is 3. The van der Waals surface area contributed by atoms with Crippen molar-refractivity contribution < 1.29 is 33.4 Å². The van der Waals surface area contributed by atoms with E-state index in [4.69, 9.17) is 19.0 Å². The van der Waals surface area contributed by atoms with Gasteiger partial charge in [-0.05, 0) is 36.6 Å². The lowest BCUT2D eigenvalue weighted by molar-refractivity contribution is -0.125. The SMILES string of the molecule is COC(=O)c1ccccc1N1C(=O)[C@@H]2[C@H]3C[C@@H]([C@H]4C(c5ccc(OC)cc5OC)=NO[C@@H]34)[C@H]2C1=O. The topological polar surface area (TPSA) is 104 Å². The Bertz CT molecular complexity index is 1290. The van der Waals surface area contributed by atoms with Crippen LogP contribution < -0.4 is 14.4 Å². The van der Waals surface area contributed by atoms with Crippen LogP contribution >= 0.6 is 0 Å². The molecule has 0 N–H and O–H groups in total. The second kappa shape index (κ2) is 7.83. The maximum atomic E-state index is 13.7. The number of methoxy groups -OCH3 is 3. The first-order chi connectivity index (χ1) is 17.0. The summed E-state index contributed by atoms with van der Waals surface area (Å²) in [6.45, 7) is 0. The molecule has 2 bridgehead atoms. The van der Waals surface area contributed by atoms with Gasteiger partial charge in [-0.3, -0.25) is 9.59 Å². The van der Waals surface area contributed by atoms with E-state index in [9.17, 15) is 14.4 Å². The molecular weight excluding hydrogens is 452 g/mol. The van der Waals surface area contributed by atoms with E-state index < -0.39 is 17.8 Å². The zero-order valence-corrected chi connectivity index (χ0v) is 19.5. The third-order valence-electron chi connectivity index (χ3n) is 7.93. The molecule has 6 atom stereocenters. The van der Waals surface area contributed by atoms with Crippen LogP contribution in [0.15, 0.2) is 47.6 Å². The molecule has 0 spiro atoms. The van der Waals surface area contributed by atoms with Crippen molar-refractivity contribution in [3.05, 3.63) is 53.6 Å². The molecule has 0 radical (unpaired) electrons. The second-order valence-electron chi connectivity index (χ2n) is 9.27. The van der Waals surface area contributed by atoms with Gasteiger partial charge in [0.1, 0.15) is 17.6 Å². The van der Waals surface area contributed by atoms with Gasteiger partial charge in [0, 0.05) is 23.5 Å². The standard InChI is InChI=1S/C26H24N2O7/c1-32-12-8-9-14(18(10-12)33-2)22-21-15-11-16(23(21)35-27-22)20-19(15)24(29)28(25(20)30)17-7-5-4-6-13(17)26(31)34-3/h4-10,15-16,19-21,23H,11H2,1-3H3/t15-,16-,19-,20-,21+,23+/m1/s1. The van der Waals surface area contributed by atoms with Crippen molar-refractivity contribution in [3.63, 3.8) is 0 Å². The third kappa shape index (κ3) is 2.87. The van der Waals surface area contributed by atoms with Crippen LogP contribution in [-0.4, -0.2) is 50.9 Å². The lowest BCUT2D eigenvalue weighted by Gasteiger charge is -2.30. The number of ether oxygens (including phenoxy) is 3. The molecule has 6 rings (SSSR count). The highest BCUT2D eigenvalue weighted by Gasteiger charge is 2.70. The van der Waals surface area contributed by atoms with E-state index in [1.165, 1.54) is 12.0 Å².